The Morgan fingerprint density at radius 2 is 1.65 bits per heavy atom. The Morgan fingerprint density at radius 3 is 2.31 bits per heavy atom. The molecule has 3 nitrogen and oxygen atoms in total. The number of halogens is 1. The molecule has 0 fully saturated rings. The first-order chi connectivity index (χ1) is 12.5. The smallest absolute Gasteiger partial charge is 0.119 e. The summed E-state index contributed by atoms with van der Waals surface area (Å²) in [4.78, 5) is 0. The lowest BCUT2D eigenvalue weighted by Crippen LogP contribution is -2.05. The van der Waals surface area contributed by atoms with Crippen molar-refractivity contribution in [1.29, 1.82) is 0 Å². The van der Waals surface area contributed by atoms with Crippen LogP contribution >= 0.6 is 11.6 Å². The van der Waals surface area contributed by atoms with Gasteiger partial charge in [0.2, 0.25) is 0 Å². The Balaban J connectivity index is 1.80. The molecule has 0 saturated carbocycles. The molecule has 0 saturated heterocycles. The van der Waals surface area contributed by atoms with Crippen LogP contribution in [0.4, 0.5) is 17.1 Å². The first kappa shape index (κ1) is 18.2. The maximum atomic E-state index is 6.00. The van der Waals surface area contributed by atoms with E-state index in [4.69, 9.17) is 22.1 Å². The third-order valence-corrected chi connectivity index (χ3v) is 4.19. The van der Waals surface area contributed by atoms with Gasteiger partial charge in [0.15, 0.2) is 0 Å². The second-order valence-corrected chi connectivity index (χ2v) is 6.97. The zero-order valence-corrected chi connectivity index (χ0v) is 15.8. The number of hydrogen-bond acceptors (Lipinski definition) is 3. The van der Waals surface area contributed by atoms with Gasteiger partial charge in [-0.25, -0.2) is 0 Å². The van der Waals surface area contributed by atoms with E-state index in [-0.39, 0.29) is 6.10 Å². The molecule has 0 amide bonds. The molecule has 0 radical (unpaired) electrons. The van der Waals surface area contributed by atoms with Crippen molar-refractivity contribution in [3.8, 4) is 5.75 Å². The molecule has 0 aliphatic carbocycles. The van der Waals surface area contributed by atoms with Gasteiger partial charge in [-0.2, -0.15) is 0 Å². The van der Waals surface area contributed by atoms with Gasteiger partial charge in [-0.1, -0.05) is 23.7 Å². The Labute approximate surface area is 159 Å². The third kappa shape index (κ3) is 4.93. The lowest BCUT2D eigenvalue weighted by molar-refractivity contribution is 0.242. The van der Waals surface area contributed by atoms with E-state index in [1.165, 1.54) is 5.56 Å². The fourth-order valence-corrected chi connectivity index (χ4v) is 2.87. The molecule has 3 N–H and O–H groups in total. The van der Waals surface area contributed by atoms with Crippen molar-refractivity contribution in [2.75, 3.05) is 11.1 Å². The van der Waals surface area contributed by atoms with Crippen molar-refractivity contribution >= 4 is 28.7 Å². The number of nitrogens with one attached hydrogen (secondary N) is 1. The zero-order valence-electron chi connectivity index (χ0n) is 15.0. The van der Waals surface area contributed by atoms with E-state index in [9.17, 15) is 0 Å². The molecule has 3 aromatic rings. The molecule has 0 unspecified atom stereocenters. The van der Waals surface area contributed by atoms with E-state index in [0.29, 0.717) is 0 Å². The summed E-state index contributed by atoms with van der Waals surface area (Å²) in [5.41, 5.74) is 11.1. The molecule has 0 spiro atoms. The number of nitrogen functional groups attached to an aromatic ring is 1. The monoisotopic (exact) mass is 366 g/mol. The fourth-order valence-electron chi connectivity index (χ4n) is 2.75. The third-order valence-electron chi connectivity index (χ3n) is 3.94. The maximum Gasteiger partial charge on any atom is 0.119 e. The Morgan fingerprint density at radius 1 is 0.962 bits per heavy atom. The number of rotatable bonds is 6. The molecule has 134 valence electrons. The van der Waals surface area contributed by atoms with Gasteiger partial charge in [0.1, 0.15) is 5.75 Å². The first-order valence-electron chi connectivity index (χ1n) is 8.66. The lowest BCUT2D eigenvalue weighted by atomic mass is 10.0. The average Bonchev–Trinajstić information content (AvgIpc) is 2.60. The van der Waals surface area contributed by atoms with Gasteiger partial charge < -0.3 is 15.8 Å². The summed E-state index contributed by atoms with van der Waals surface area (Å²) in [6, 6.07) is 21.8. The molecule has 26 heavy (non-hydrogen) atoms. The van der Waals surface area contributed by atoms with Crippen LogP contribution in [0, 0.1) is 0 Å². The van der Waals surface area contributed by atoms with Gasteiger partial charge in [0.05, 0.1) is 6.10 Å². The minimum atomic E-state index is 0.164. The minimum Gasteiger partial charge on any atom is -0.491 e. The van der Waals surface area contributed by atoms with E-state index in [0.717, 1.165) is 39.8 Å². The highest BCUT2D eigenvalue weighted by Gasteiger charge is 2.06. The summed E-state index contributed by atoms with van der Waals surface area (Å²) in [5.74, 6) is 0.865. The van der Waals surface area contributed by atoms with Crippen LogP contribution in [0.3, 0.4) is 0 Å². The molecule has 3 aromatic carbocycles. The van der Waals surface area contributed by atoms with Crippen LogP contribution in [0.1, 0.15) is 25.0 Å². The topological polar surface area (TPSA) is 47.3 Å². The molecule has 3 rings (SSSR count). The van der Waals surface area contributed by atoms with Gasteiger partial charge in [-0.15, -0.1) is 0 Å². The van der Waals surface area contributed by atoms with Gasteiger partial charge in [0.25, 0.3) is 0 Å². The molecule has 0 bridgehead atoms. The van der Waals surface area contributed by atoms with Gasteiger partial charge in [0, 0.05) is 22.1 Å². The van der Waals surface area contributed by atoms with Crippen LogP contribution < -0.4 is 15.8 Å². The first-order valence-corrected chi connectivity index (χ1v) is 9.04. The summed E-state index contributed by atoms with van der Waals surface area (Å²) in [7, 11) is 0. The number of hydrogen-bond donors (Lipinski definition) is 2. The van der Waals surface area contributed by atoms with Gasteiger partial charge in [-0.3, -0.25) is 0 Å². The Hall–Kier alpha value is -2.65. The van der Waals surface area contributed by atoms with Crippen molar-refractivity contribution in [1.82, 2.24) is 0 Å². The molecular weight excluding hydrogens is 344 g/mol. The van der Waals surface area contributed by atoms with Gasteiger partial charge in [-0.05, 0) is 86.0 Å². The molecule has 0 aliphatic heterocycles. The standard InChI is InChI=1S/C22H23ClN2O/c1-15(2)26-21-10-8-20(9-11-21)25-22-12-7-19(24)14-17(22)13-16-3-5-18(23)6-4-16/h3-12,14-15,25H,13,24H2,1-2H3. The highest BCUT2D eigenvalue weighted by atomic mass is 35.5. The van der Waals surface area contributed by atoms with Crippen LogP contribution in [0.5, 0.6) is 5.75 Å². The van der Waals surface area contributed by atoms with E-state index >= 15 is 0 Å². The van der Waals surface area contributed by atoms with E-state index in [1.54, 1.807) is 0 Å². The highest BCUT2D eigenvalue weighted by Crippen LogP contribution is 2.27. The van der Waals surface area contributed by atoms with Crippen LogP contribution in [-0.2, 0) is 6.42 Å². The van der Waals surface area contributed by atoms with E-state index in [1.807, 2.05) is 80.6 Å². The number of anilines is 3. The molecule has 4 heteroatoms. The van der Waals surface area contributed by atoms with Crippen molar-refractivity contribution < 1.29 is 4.74 Å². The Kier molecular flexibility index (Phi) is 5.69. The number of benzene rings is 3. The predicted octanol–water partition coefficient (Wildman–Crippen LogP) is 6.04. The molecule has 0 atom stereocenters. The van der Waals surface area contributed by atoms with Crippen LogP contribution in [0.15, 0.2) is 66.7 Å². The predicted molar refractivity (Wildman–Crippen MR) is 111 cm³/mol. The average molecular weight is 367 g/mol. The van der Waals surface area contributed by atoms with E-state index in [2.05, 4.69) is 5.32 Å². The molecule has 0 heterocycles. The maximum absolute atomic E-state index is 6.00. The molecule has 0 aliphatic rings. The highest BCUT2D eigenvalue weighted by molar-refractivity contribution is 6.30. The summed E-state index contributed by atoms with van der Waals surface area (Å²) in [5, 5.41) is 4.21. The van der Waals surface area contributed by atoms with Crippen molar-refractivity contribution in [2.24, 2.45) is 0 Å². The summed E-state index contributed by atoms with van der Waals surface area (Å²) < 4.78 is 5.69. The fraction of sp³-hybridized carbons (Fsp3) is 0.182. The number of ether oxygens (including phenoxy) is 1. The normalized spacial score (nSPS) is 10.8. The molecular formula is C22H23ClN2O. The number of nitrogens with two attached hydrogens (primary N) is 1. The van der Waals surface area contributed by atoms with Crippen molar-refractivity contribution in [3.63, 3.8) is 0 Å². The van der Waals surface area contributed by atoms with Crippen molar-refractivity contribution in [2.45, 2.75) is 26.4 Å². The van der Waals surface area contributed by atoms with Gasteiger partial charge >= 0.3 is 0 Å². The van der Waals surface area contributed by atoms with Crippen LogP contribution in [0.25, 0.3) is 0 Å². The second kappa shape index (κ2) is 8.15. The summed E-state index contributed by atoms with van der Waals surface area (Å²) in [6.45, 7) is 4.03. The second-order valence-electron chi connectivity index (χ2n) is 6.54. The zero-order chi connectivity index (χ0) is 18.5. The SMILES string of the molecule is CC(C)Oc1ccc(Nc2ccc(N)cc2Cc2ccc(Cl)cc2)cc1. The minimum absolute atomic E-state index is 0.164. The lowest BCUT2D eigenvalue weighted by Gasteiger charge is -2.14. The van der Waals surface area contributed by atoms with Crippen LogP contribution in [0.2, 0.25) is 5.02 Å². The van der Waals surface area contributed by atoms with Crippen LogP contribution in [-0.4, -0.2) is 6.10 Å². The molecule has 0 aromatic heterocycles. The summed E-state index contributed by atoms with van der Waals surface area (Å²) >= 11 is 5.98. The van der Waals surface area contributed by atoms with Crippen molar-refractivity contribution in [3.05, 3.63) is 82.9 Å². The largest absolute Gasteiger partial charge is 0.491 e. The Bertz CT molecular complexity index is 858. The summed E-state index contributed by atoms with van der Waals surface area (Å²) in [6.07, 6.45) is 0.941. The quantitative estimate of drug-likeness (QED) is 0.522. The van der Waals surface area contributed by atoms with E-state index < -0.39 is 0 Å².